The Morgan fingerprint density at radius 2 is 2.18 bits per heavy atom. The second-order valence-corrected chi connectivity index (χ2v) is 5.40. The van der Waals surface area contributed by atoms with Crippen molar-refractivity contribution >= 4 is 33.1 Å². The maximum atomic E-state index is 4.62. The van der Waals surface area contributed by atoms with Crippen LogP contribution in [0.2, 0.25) is 0 Å². The molecule has 0 aliphatic rings. The molecule has 0 saturated carbocycles. The van der Waals surface area contributed by atoms with Gasteiger partial charge in [-0.15, -0.1) is 11.3 Å². The fourth-order valence-corrected chi connectivity index (χ4v) is 3.11. The molecule has 0 bridgehead atoms. The van der Waals surface area contributed by atoms with Crippen LogP contribution in [0.1, 0.15) is 18.2 Å². The van der Waals surface area contributed by atoms with Crippen LogP contribution in [-0.2, 0) is 6.42 Å². The molecule has 5 heteroatoms. The van der Waals surface area contributed by atoms with E-state index < -0.39 is 0 Å². The third-order valence-electron chi connectivity index (χ3n) is 2.56. The fraction of sp³-hybridized carbons (Fsp3) is 0.333. The van der Waals surface area contributed by atoms with Gasteiger partial charge in [-0.3, -0.25) is 0 Å². The van der Waals surface area contributed by atoms with Crippen molar-refractivity contribution in [3.8, 4) is 10.7 Å². The van der Waals surface area contributed by atoms with Crippen LogP contribution >= 0.6 is 27.3 Å². The Labute approximate surface area is 113 Å². The number of aromatic nitrogens is 2. The number of rotatable bonds is 3. The molecular weight excluding hydrogens is 298 g/mol. The summed E-state index contributed by atoms with van der Waals surface area (Å²) >= 11 is 5.21. The van der Waals surface area contributed by atoms with Crippen molar-refractivity contribution in [3.05, 3.63) is 27.2 Å². The van der Waals surface area contributed by atoms with Crippen molar-refractivity contribution in [1.82, 2.24) is 9.97 Å². The topological polar surface area (TPSA) is 37.8 Å². The normalized spacial score (nSPS) is 10.6. The summed E-state index contributed by atoms with van der Waals surface area (Å²) in [5.41, 5.74) is 2.26. The highest BCUT2D eigenvalue weighted by molar-refractivity contribution is 9.10. The Morgan fingerprint density at radius 1 is 1.41 bits per heavy atom. The second-order valence-electron chi connectivity index (χ2n) is 3.69. The first kappa shape index (κ1) is 12.5. The predicted octanol–water partition coefficient (Wildman–Crippen LogP) is 3.88. The highest BCUT2D eigenvalue weighted by Gasteiger charge is 2.13. The van der Waals surface area contributed by atoms with Crippen LogP contribution in [0, 0.1) is 6.92 Å². The first-order chi connectivity index (χ1) is 8.17. The standard InChI is InChI=1S/C12H14BrN3S/c1-4-8-9(13)11(14-3)16-12(15-8)10-7(2)5-6-17-10/h5-6H,4H2,1-3H3,(H,14,15,16). The highest BCUT2D eigenvalue weighted by Crippen LogP contribution is 2.31. The van der Waals surface area contributed by atoms with E-state index in [1.807, 2.05) is 7.05 Å². The zero-order valence-electron chi connectivity index (χ0n) is 10.0. The first-order valence-corrected chi connectivity index (χ1v) is 7.13. The van der Waals surface area contributed by atoms with E-state index in [2.05, 4.69) is 56.5 Å². The van der Waals surface area contributed by atoms with E-state index in [0.717, 1.165) is 33.1 Å². The summed E-state index contributed by atoms with van der Waals surface area (Å²) in [6, 6.07) is 2.09. The van der Waals surface area contributed by atoms with E-state index in [0.29, 0.717) is 0 Å². The molecule has 0 unspecified atom stereocenters. The summed E-state index contributed by atoms with van der Waals surface area (Å²) in [6.45, 7) is 4.18. The molecule has 3 nitrogen and oxygen atoms in total. The van der Waals surface area contributed by atoms with Crippen LogP contribution in [0.4, 0.5) is 5.82 Å². The van der Waals surface area contributed by atoms with Gasteiger partial charge in [0.05, 0.1) is 15.0 Å². The van der Waals surface area contributed by atoms with Gasteiger partial charge in [-0.05, 0) is 46.3 Å². The smallest absolute Gasteiger partial charge is 0.172 e. The Morgan fingerprint density at radius 3 is 2.71 bits per heavy atom. The summed E-state index contributed by atoms with van der Waals surface area (Å²) in [4.78, 5) is 10.3. The van der Waals surface area contributed by atoms with E-state index in [-0.39, 0.29) is 0 Å². The molecule has 17 heavy (non-hydrogen) atoms. The van der Waals surface area contributed by atoms with Crippen LogP contribution < -0.4 is 5.32 Å². The fourth-order valence-electron chi connectivity index (χ4n) is 1.60. The van der Waals surface area contributed by atoms with E-state index in [9.17, 15) is 0 Å². The molecule has 0 spiro atoms. The average Bonchev–Trinajstić information content (AvgIpc) is 2.76. The number of anilines is 1. The molecule has 2 rings (SSSR count). The molecule has 0 fully saturated rings. The second kappa shape index (κ2) is 5.14. The molecule has 1 N–H and O–H groups in total. The molecule has 0 aliphatic heterocycles. The highest BCUT2D eigenvalue weighted by atomic mass is 79.9. The largest absolute Gasteiger partial charge is 0.372 e. The van der Waals surface area contributed by atoms with Crippen LogP contribution in [0.3, 0.4) is 0 Å². The van der Waals surface area contributed by atoms with Gasteiger partial charge in [0, 0.05) is 7.05 Å². The minimum absolute atomic E-state index is 0.807. The summed E-state index contributed by atoms with van der Waals surface area (Å²) in [5, 5.41) is 5.17. The maximum Gasteiger partial charge on any atom is 0.172 e. The Balaban J connectivity index is 2.60. The van der Waals surface area contributed by atoms with Crippen molar-refractivity contribution in [2.45, 2.75) is 20.3 Å². The summed E-state index contributed by atoms with van der Waals surface area (Å²) in [7, 11) is 1.87. The third-order valence-corrected chi connectivity index (χ3v) is 4.40. The number of halogens is 1. The molecular formula is C12H14BrN3S. The molecule has 0 atom stereocenters. The van der Waals surface area contributed by atoms with Gasteiger partial charge in [-0.1, -0.05) is 6.92 Å². The Bertz CT molecular complexity index is 511. The first-order valence-electron chi connectivity index (χ1n) is 5.46. The Kier molecular flexibility index (Phi) is 3.79. The lowest BCUT2D eigenvalue weighted by Gasteiger charge is -2.09. The van der Waals surface area contributed by atoms with Crippen molar-refractivity contribution in [1.29, 1.82) is 0 Å². The average molecular weight is 312 g/mol. The number of thiophene rings is 1. The molecule has 0 radical (unpaired) electrons. The zero-order valence-corrected chi connectivity index (χ0v) is 12.4. The van der Waals surface area contributed by atoms with Crippen molar-refractivity contribution in [3.63, 3.8) is 0 Å². The molecule has 2 aromatic heterocycles. The number of nitrogens with zero attached hydrogens (tertiary/aromatic N) is 2. The lowest BCUT2D eigenvalue weighted by atomic mass is 10.2. The molecule has 90 valence electrons. The minimum Gasteiger partial charge on any atom is -0.372 e. The summed E-state index contributed by atoms with van der Waals surface area (Å²) in [6.07, 6.45) is 0.884. The van der Waals surface area contributed by atoms with Gasteiger partial charge in [0.15, 0.2) is 5.82 Å². The number of hydrogen-bond donors (Lipinski definition) is 1. The van der Waals surface area contributed by atoms with Crippen LogP contribution in [0.5, 0.6) is 0 Å². The maximum absolute atomic E-state index is 4.62. The Hall–Kier alpha value is -0.940. The number of hydrogen-bond acceptors (Lipinski definition) is 4. The van der Waals surface area contributed by atoms with Crippen molar-refractivity contribution in [2.24, 2.45) is 0 Å². The van der Waals surface area contributed by atoms with Gasteiger partial charge in [0.2, 0.25) is 0 Å². The van der Waals surface area contributed by atoms with Crippen molar-refractivity contribution < 1.29 is 0 Å². The van der Waals surface area contributed by atoms with Gasteiger partial charge in [0.25, 0.3) is 0 Å². The van der Waals surface area contributed by atoms with Gasteiger partial charge < -0.3 is 5.32 Å². The van der Waals surface area contributed by atoms with Crippen LogP contribution in [-0.4, -0.2) is 17.0 Å². The molecule has 0 aromatic carbocycles. The van der Waals surface area contributed by atoms with Gasteiger partial charge in [-0.25, -0.2) is 9.97 Å². The lowest BCUT2D eigenvalue weighted by molar-refractivity contribution is 0.993. The van der Waals surface area contributed by atoms with Gasteiger partial charge in [0.1, 0.15) is 5.82 Å². The van der Waals surface area contributed by atoms with Crippen LogP contribution in [0.15, 0.2) is 15.9 Å². The minimum atomic E-state index is 0.807. The SMILES string of the molecule is CCc1nc(-c2sccc2C)nc(NC)c1Br. The molecule has 0 aliphatic carbocycles. The summed E-state index contributed by atoms with van der Waals surface area (Å²) in [5.74, 6) is 1.65. The van der Waals surface area contributed by atoms with E-state index in [1.165, 1.54) is 5.56 Å². The lowest BCUT2D eigenvalue weighted by Crippen LogP contribution is -2.02. The molecule has 2 aromatic rings. The van der Waals surface area contributed by atoms with Gasteiger partial charge >= 0.3 is 0 Å². The molecule has 0 amide bonds. The number of aryl methyl sites for hydroxylation is 2. The van der Waals surface area contributed by atoms with Gasteiger partial charge in [-0.2, -0.15) is 0 Å². The van der Waals surface area contributed by atoms with Crippen LogP contribution in [0.25, 0.3) is 10.7 Å². The zero-order chi connectivity index (χ0) is 12.4. The predicted molar refractivity (Wildman–Crippen MR) is 76.7 cm³/mol. The quantitative estimate of drug-likeness (QED) is 0.934. The number of nitrogens with one attached hydrogen (secondary N) is 1. The monoisotopic (exact) mass is 311 g/mol. The van der Waals surface area contributed by atoms with Crippen molar-refractivity contribution in [2.75, 3.05) is 12.4 Å². The van der Waals surface area contributed by atoms with E-state index in [1.54, 1.807) is 11.3 Å². The summed E-state index contributed by atoms with van der Waals surface area (Å²) < 4.78 is 0.959. The molecule has 2 heterocycles. The van der Waals surface area contributed by atoms with E-state index >= 15 is 0 Å². The third kappa shape index (κ3) is 2.35. The van der Waals surface area contributed by atoms with E-state index in [4.69, 9.17) is 0 Å². The molecule has 0 saturated heterocycles.